The zero-order valence-electron chi connectivity index (χ0n) is 12.8. The summed E-state index contributed by atoms with van der Waals surface area (Å²) in [6.45, 7) is 1.88. The van der Waals surface area contributed by atoms with Gasteiger partial charge in [0.05, 0.1) is 11.8 Å². The second-order valence-corrected chi connectivity index (χ2v) is 5.61. The van der Waals surface area contributed by atoms with Crippen LogP contribution in [0.15, 0.2) is 18.2 Å². The fourth-order valence-electron chi connectivity index (χ4n) is 2.68. The van der Waals surface area contributed by atoms with Crippen LogP contribution in [0.5, 0.6) is 0 Å². The third kappa shape index (κ3) is 4.06. The third-order valence-corrected chi connectivity index (χ3v) is 3.88. The van der Waals surface area contributed by atoms with Crippen molar-refractivity contribution in [3.05, 3.63) is 29.6 Å². The Balaban J connectivity index is 2.11. The lowest BCUT2D eigenvalue weighted by Crippen LogP contribution is -2.38. The molecule has 0 aliphatic carbocycles. The molecule has 2 rings (SSSR count). The number of carbonyl (C=O) groups is 3. The van der Waals surface area contributed by atoms with Gasteiger partial charge in [0, 0.05) is 18.7 Å². The molecule has 0 saturated carbocycles. The van der Waals surface area contributed by atoms with E-state index in [1.54, 1.807) is 0 Å². The van der Waals surface area contributed by atoms with Gasteiger partial charge in [-0.3, -0.25) is 14.4 Å². The molecule has 0 fully saturated rings. The minimum absolute atomic E-state index is 0.0106. The van der Waals surface area contributed by atoms with Gasteiger partial charge in [-0.2, -0.15) is 0 Å². The van der Waals surface area contributed by atoms with Crippen LogP contribution in [0.1, 0.15) is 37.7 Å². The molecule has 0 aromatic heterocycles. The van der Waals surface area contributed by atoms with Gasteiger partial charge in [-0.15, -0.1) is 0 Å². The number of amides is 2. The number of rotatable bonds is 6. The van der Waals surface area contributed by atoms with E-state index in [0.717, 1.165) is 0 Å². The first kappa shape index (κ1) is 16.9. The molecule has 2 amide bonds. The Kier molecular flexibility index (Phi) is 5.31. The molecule has 124 valence electrons. The van der Waals surface area contributed by atoms with Gasteiger partial charge in [0.15, 0.2) is 0 Å². The van der Waals surface area contributed by atoms with E-state index in [1.807, 2.05) is 6.92 Å². The molecule has 2 atom stereocenters. The number of nitrogens with one attached hydrogen (secondary N) is 2. The molecule has 0 spiro atoms. The minimum atomic E-state index is -0.962. The van der Waals surface area contributed by atoms with Crippen molar-refractivity contribution in [1.29, 1.82) is 0 Å². The maximum atomic E-state index is 13.3. The van der Waals surface area contributed by atoms with Crippen LogP contribution in [0.3, 0.4) is 0 Å². The van der Waals surface area contributed by atoms with Gasteiger partial charge in [0.25, 0.3) is 0 Å². The Morgan fingerprint density at radius 3 is 2.87 bits per heavy atom. The van der Waals surface area contributed by atoms with E-state index in [0.29, 0.717) is 18.4 Å². The highest BCUT2D eigenvalue weighted by Crippen LogP contribution is 2.32. The van der Waals surface area contributed by atoms with Crippen molar-refractivity contribution in [3.63, 3.8) is 0 Å². The topological polar surface area (TPSA) is 95.5 Å². The summed E-state index contributed by atoms with van der Waals surface area (Å²) in [7, 11) is 0. The molecule has 1 aliphatic rings. The summed E-state index contributed by atoms with van der Waals surface area (Å²) in [5.74, 6) is -3.65. The van der Waals surface area contributed by atoms with Gasteiger partial charge < -0.3 is 15.7 Å². The van der Waals surface area contributed by atoms with Crippen LogP contribution < -0.4 is 10.6 Å². The van der Waals surface area contributed by atoms with Gasteiger partial charge in [-0.1, -0.05) is 19.4 Å². The lowest BCUT2D eigenvalue weighted by atomic mass is 9.89. The van der Waals surface area contributed by atoms with Crippen LogP contribution in [0, 0.1) is 11.7 Å². The number of hydrogen-bond donors (Lipinski definition) is 3. The van der Waals surface area contributed by atoms with E-state index in [4.69, 9.17) is 5.11 Å². The summed E-state index contributed by atoms with van der Waals surface area (Å²) < 4.78 is 13.3. The number of benzene rings is 1. The van der Waals surface area contributed by atoms with Gasteiger partial charge in [-0.05, 0) is 24.1 Å². The predicted molar refractivity (Wildman–Crippen MR) is 81.4 cm³/mol. The number of hydrogen-bond acceptors (Lipinski definition) is 3. The SMILES string of the molecule is CCCC(CNC(=O)C1CC(=O)Nc2cc(F)ccc21)C(=O)O. The maximum absolute atomic E-state index is 13.3. The number of carboxylic acid groups (broad SMARTS) is 1. The second kappa shape index (κ2) is 7.21. The zero-order valence-corrected chi connectivity index (χ0v) is 12.8. The van der Waals surface area contributed by atoms with E-state index in [1.165, 1.54) is 18.2 Å². The molecule has 1 aromatic rings. The highest BCUT2D eigenvalue weighted by molar-refractivity contribution is 6.01. The predicted octanol–water partition coefficient (Wildman–Crippen LogP) is 1.87. The molecule has 3 N–H and O–H groups in total. The van der Waals surface area contributed by atoms with Crippen LogP contribution in [-0.2, 0) is 14.4 Å². The average Bonchev–Trinajstić information content (AvgIpc) is 2.49. The van der Waals surface area contributed by atoms with Gasteiger partial charge >= 0.3 is 5.97 Å². The van der Waals surface area contributed by atoms with Crippen molar-refractivity contribution in [3.8, 4) is 0 Å². The number of halogens is 1. The van der Waals surface area contributed by atoms with Crippen molar-refractivity contribution in [2.75, 3.05) is 11.9 Å². The summed E-state index contributed by atoms with van der Waals surface area (Å²) in [5, 5.41) is 14.2. The van der Waals surface area contributed by atoms with E-state index in [-0.39, 0.29) is 24.6 Å². The van der Waals surface area contributed by atoms with Crippen LogP contribution in [0.2, 0.25) is 0 Å². The van der Waals surface area contributed by atoms with Crippen LogP contribution in [0.4, 0.5) is 10.1 Å². The highest BCUT2D eigenvalue weighted by Gasteiger charge is 2.31. The zero-order chi connectivity index (χ0) is 17.0. The van der Waals surface area contributed by atoms with Gasteiger partial charge in [-0.25, -0.2) is 4.39 Å². The van der Waals surface area contributed by atoms with Crippen molar-refractivity contribution in [2.45, 2.75) is 32.1 Å². The van der Waals surface area contributed by atoms with E-state index in [9.17, 15) is 18.8 Å². The number of carboxylic acids is 1. The molecular formula is C16H19FN2O4. The molecule has 0 radical (unpaired) electrons. The van der Waals surface area contributed by atoms with E-state index >= 15 is 0 Å². The first-order chi connectivity index (χ1) is 10.9. The average molecular weight is 322 g/mol. The summed E-state index contributed by atoms with van der Waals surface area (Å²) in [5.41, 5.74) is 0.815. The molecule has 0 bridgehead atoms. The standard InChI is InChI=1S/C16H19FN2O4/c1-2-3-9(16(22)23)8-18-15(21)12-7-14(20)19-13-6-10(17)4-5-11(12)13/h4-6,9,12H,2-3,7-8H2,1H3,(H,18,21)(H,19,20)(H,22,23). The van der Waals surface area contributed by atoms with Crippen molar-refractivity contribution in [1.82, 2.24) is 5.32 Å². The molecule has 1 aromatic carbocycles. The van der Waals surface area contributed by atoms with Crippen molar-refractivity contribution >= 4 is 23.5 Å². The normalized spacial score (nSPS) is 17.8. The quantitative estimate of drug-likeness (QED) is 0.745. The summed E-state index contributed by atoms with van der Waals surface area (Å²) in [6, 6.07) is 3.87. The van der Waals surface area contributed by atoms with Gasteiger partial charge in [0.1, 0.15) is 5.82 Å². The Labute approximate surface area is 133 Å². The summed E-state index contributed by atoms with van der Waals surface area (Å²) in [6.07, 6.45) is 1.11. The Morgan fingerprint density at radius 2 is 2.22 bits per heavy atom. The first-order valence-corrected chi connectivity index (χ1v) is 7.52. The number of fused-ring (bicyclic) bond motifs is 1. The molecular weight excluding hydrogens is 303 g/mol. The summed E-state index contributed by atoms with van der Waals surface area (Å²) >= 11 is 0. The first-order valence-electron chi connectivity index (χ1n) is 7.52. The fourth-order valence-corrected chi connectivity index (χ4v) is 2.68. The Hall–Kier alpha value is -2.44. The second-order valence-electron chi connectivity index (χ2n) is 5.61. The van der Waals surface area contributed by atoms with Crippen molar-refractivity contribution < 1.29 is 23.9 Å². The maximum Gasteiger partial charge on any atom is 0.308 e. The van der Waals surface area contributed by atoms with Crippen LogP contribution >= 0.6 is 0 Å². The van der Waals surface area contributed by atoms with E-state index in [2.05, 4.69) is 10.6 Å². The number of aliphatic carboxylic acids is 1. The number of carbonyl (C=O) groups excluding carboxylic acids is 2. The number of anilines is 1. The lowest BCUT2D eigenvalue weighted by Gasteiger charge is -2.25. The molecule has 1 heterocycles. The molecule has 7 heteroatoms. The largest absolute Gasteiger partial charge is 0.481 e. The molecule has 6 nitrogen and oxygen atoms in total. The highest BCUT2D eigenvalue weighted by atomic mass is 19.1. The Morgan fingerprint density at radius 1 is 1.48 bits per heavy atom. The third-order valence-electron chi connectivity index (χ3n) is 3.88. The lowest BCUT2D eigenvalue weighted by molar-refractivity contribution is -0.142. The smallest absolute Gasteiger partial charge is 0.308 e. The minimum Gasteiger partial charge on any atom is -0.481 e. The van der Waals surface area contributed by atoms with Crippen LogP contribution in [-0.4, -0.2) is 29.4 Å². The molecule has 2 unspecified atom stereocenters. The molecule has 1 aliphatic heterocycles. The molecule has 23 heavy (non-hydrogen) atoms. The summed E-state index contributed by atoms with van der Waals surface area (Å²) in [4.78, 5) is 35.1. The van der Waals surface area contributed by atoms with Gasteiger partial charge in [0.2, 0.25) is 11.8 Å². The van der Waals surface area contributed by atoms with Crippen LogP contribution in [0.25, 0.3) is 0 Å². The monoisotopic (exact) mass is 322 g/mol. The molecule has 0 saturated heterocycles. The Bertz CT molecular complexity index is 633. The van der Waals surface area contributed by atoms with Crippen molar-refractivity contribution in [2.24, 2.45) is 5.92 Å². The fraction of sp³-hybridized carbons (Fsp3) is 0.438. The van der Waals surface area contributed by atoms with E-state index < -0.39 is 29.5 Å².